The molecule has 1 aliphatic rings. The van der Waals surface area contributed by atoms with Gasteiger partial charge >= 0.3 is 0 Å². The molecule has 0 aromatic heterocycles. The molecule has 0 heterocycles. The molecule has 100 valence electrons. The Morgan fingerprint density at radius 1 is 1.28 bits per heavy atom. The monoisotopic (exact) mass is 266 g/mol. The fraction of sp³-hybridized carbons (Fsp3) is 0.600. The van der Waals surface area contributed by atoms with Crippen LogP contribution in [0.1, 0.15) is 37.7 Å². The molecule has 1 aromatic rings. The molecule has 0 saturated heterocycles. The topological polar surface area (TPSA) is 40.5 Å². The molecule has 2 nitrogen and oxygen atoms in total. The number of hydrogen-bond acceptors (Lipinski definition) is 3. The SMILES string of the molecule is OCc1cccc(SCC(O)CC2CCCC2)c1. The van der Waals surface area contributed by atoms with Crippen LogP contribution in [-0.4, -0.2) is 22.1 Å². The van der Waals surface area contributed by atoms with Crippen LogP contribution in [0.5, 0.6) is 0 Å². The molecule has 18 heavy (non-hydrogen) atoms. The molecular weight excluding hydrogens is 244 g/mol. The van der Waals surface area contributed by atoms with Crippen LogP contribution >= 0.6 is 11.8 Å². The van der Waals surface area contributed by atoms with E-state index in [0.29, 0.717) is 0 Å². The fourth-order valence-electron chi connectivity index (χ4n) is 2.62. The number of aliphatic hydroxyl groups is 2. The first-order valence-electron chi connectivity index (χ1n) is 6.78. The van der Waals surface area contributed by atoms with Gasteiger partial charge in [0, 0.05) is 10.6 Å². The maximum atomic E-state index is 10.0. The third kappa shape index (κ3) is 4.30. The van der Waals surface area contributed by atoms with Crippen molar-refractivity contribution >= 4 is 11.8 Å². The third-order valence-corrected chi connectivity index (χ3v) is 4.74. The predicted molar refractivity (Wildman–Crippen MR) is 75.7 cm³/mol. The van der Waals surface area contributed by atoms with E-state index in [1.807, 2.05) is 24.3 Å². The number of rotatable bonds is 6. The second-order valence-electron chi connectivity index (χ2n) is 5.16. The minimum atomic E-state index is -0.198. The zero-order chi connectivity index (χ0) is 12.8. The highest BCUT2D eigenvalue weighted by atomic mass is 32.2. The maximum absolute atomic E-state index is 10.0. The van der Waals surface area contributed by atoms with Crippen molar-refractivity contribution < 1.29 is 10.2 Å². The number of thioether (sulfide) groups is 1. The number of benzene rings is 1. The molecule has 2 rings (SSSR count). The molecule has 0 radical (unpaired) electrons. The minimum Gasteiger partial charge on any atom is -0.392 e. The van der Waals surface area contributed by atoms with E-state index in [9.17, 15) is 5.11 Å². The summed E-state index contributed by atoms with van der Waals surface area (Å²) >= 11 is 1.68. The van der Waals surface area contributed by atoms with Gasteiger partial charge in [-0.25, -0.2) is 0 Å². The third-order valence-electron chi connectivity index (χ3n) is 3.60. The van der Waals surface area contributed by atoms with E-state index in [1.54, 1.807) is 11.8 Å². The molecule has 0 spiro atoms. The lowest BCUT2D eigenvalue weighted by molar-refractivity contribution is 0.166. The van der Waals surface area contributed by atoms with Crippen LogP contribution in [-0.2, 0) is 6.61 Å². The van der Waals surface area contributed by atoms with Gasteiger partial charge in [0.1, 0.15) is 0 Å². The van der Waals surface area contributed by atoms with Crippen molar-refractivity contribution in [2.45, 2.75) is 49.7 Å². The van der Waals surface area contributed by atoms with E-state index >= 15 is 0 Å². The Bertz CT molecular complexity index is 361. The maximum Gasteiger partial charge on any atom is 0.0682 e. The van der Waals surface area contributed by atoms with E-state index in [1.165, 1.54) is 25.7 Å². The summed E-state index contributed by atoms with van der Waals surface area (Å²) in [7, 11) is 0. The molecule has 0 bridgehead atoms. The van der Waals surface area contributed by atoms with Gasteiger partial charge in [-0.1, -0.05) is 37.8 Å². The van der Waals surface area contributed by atoms with Gasteiger partial charge in [0.15, 0.2) is 0 Å². The Morgan fingerprint density at radius 3 is 2.78 bits per heavy atom. The molecule has 3 heteroatoms. The van der Waals surface area contributed by atoms with Gasteiger partial charge in [0.05, 0.1) is 12.7 Å². The lowest BCUT2D eigenvalue weighted by Gasteiger charge is -2.15. The average Bonchev–Trinajstić information content (AvgIpc) is 2.89. The van der Waals surface area contributed by atoms with Crippen LogP contribution in [0, 0.1) is 5.92 Å². The normalized spacial score (nSPS) is 18.1. The second-order valence-corrected chi connectivity index (χ2v) is 6.25. The lowest BCUT2D eigenvalue weighted by atomic mass is 10.0. The second kappa shape index (κ2) is 7.17. The molecule has 2 N–H and O–H groups in total. The van der Waals surface area contributed by atoms with Crippen molar-refractivity contribution in [3.05, 3.63) is 29.8 Å². The zero-order valence-electron chi connectivity index (χ0n) is 10.7. The Kier molecular flexibility index (Phi) is 5.54. The average molecular weight is 266 g/mol. The standard InChI is InChI=1S/C15H22O2S/c16-10-13-6-3-7-15(9-13)18-11-14(17)8-12-4-1-2-5-12/h3,6-7,9,12,14,16-17H,1-2,4-5,8,10-11H2. The van der Waals surface area contributed by atoms with Gasteiger partial charge in [-0.2, -0.15) is 0 Å². The van der Waals surface area contributed by atoms with Crippen molar-refractivity contribution in [3.63, 3.8) is 0 Å². The van der Waals surface area contributed by atoms with Crippen molar-refractivity contribution in [2.75, 3.05) is 5.75 Å². The molecule has 0 amide bonds. The van der Waals surface area contributed by atoms with Gasteiger partial charge < -0.3 is 10.2 Å². The smallest absolute Gasteiger partial charge is 0.0682 e. The van der Waals surface area contributed by atoms with Crippen LogP contribution in [0.15, 0.2) is 29.2 Å². The highest BCUT2D eigenvalue weighted by Crippen LogP contribution is 2.30. The molecule has 1 fully saturated rings. The molecule has 1 atom stereocenters. The molecule has 1 aromatic carbocycles. The summed E-state index contributed by atoms with van der Waals surface area (Å²) in [5.74, 6) is 1.50. The fourth-order valence-corrected chi connectivity index (χ4v) is 3.56. The number of aliphatic hydroxyl groups excluding tert-OH is 2. The van der Waals surface area contributed by atoms with Gasteiger partial charge in [0.25, 0.3) is 0 Å². The van der Waals surface area contributed by atoms with Crippen molar-refractivity contribution in [2.24, 2.45) is 5.92 Å². The van der Waals surface area contributed by atoms with Crippen LogP contribution in [0.4, 0.5) is 0 Å². The summed E-state index contributed by atoms with van der Waals surface area (Å²) in [5, 5.41) is 19.1. The Balaban J connectivity index is 1.75. The molecular formula is C15H22O2S. The van der Waals surface area contributed by atoms with E-state index in [0.717, 1.165) is 28.6 Å². The van der Waals surface area contributed by atoms with E-state index < -0.39 is 0 Å². The predicted octanol–water partition coefficient (Wildman–Crippen LogP) is 3.21. The Labute approximate surface area is 113 Å². The molecule has 1 saturated carbocycles. The minimum absolute atomic E-state index is 0.0824. The summed E-state index contributed by atoms with van der Waals surface area (Å²) in [4.78, 5) is 1.13. The highest BCUT2D eigenvalue weighted by Gasteiger charge is 2.18. The number of hydrogen-bond donors (Lipinski definition) is 2. The largest absolute Gasteiger partial charge is 0.392 e. The van der Waals surface area contributed by atoms with Gasteiger partial charge in [-0.05, 0) is 30.0 Å². The first-order chi connectivity index (χ1) is 8.78. The van der Waals surface area contributed by atoms with Crippen LogP contribution in [0.2, 0.25) is 0 Å². The van der Waals surface area contributed by atoms with E-state index in [4.69, 9.17) is 5.11 Å². The molecule has 1 aliphatic carbocycles. The first-order valence-corrected chi connectivity index (χ1v) is 7.77. The summed E-state index contributed by atoms with van der Waals surface area (Å²) in [5.41, 5.74) is 0.935. The van der Waals surface area contributed by atoms with Gasteiger partial charge in [-0.3, -0.25) is 0 Å². The van der Waals surface area contributed by atoms with Crippen LogP contribution in [0.25, 0.3) is 0 Å². The van der Waals surface area contributed by atoms with Crippen LogP contribution < -0.4 is 0 Å². The summed E-state index contributed by atoms with van der Waals surface area (Å²) in [6.07, 6.45) is 6.01. The Morgan fingerprint density at radius 2 is 2.06 bits per heavy atom. The quantitative estimate of drug-likeness (QED) is 0.777. The van der Waals surface area contributed by atoms with E-state index in [-0.39, 0.29) is 12.7 Å². The highest BCUT2D eigenvalue weighted by molar-refractivity contribution is 7.99. The molecule has 0 aliphatic heterocycles. The molecule has 1 unspecified atom stereocenters. The Hall–Kier alpha value is -0.510. The van der Waals surface area contributed by atoms with Crippen molar-refractivity contribution in [3.8, 4) is 0 Å². The first kappa shape index (κ1) is 13.9. The zero-order valence-corrected chi connectivity index (χ0v) is 11.5. The van der Waals surface area contributed by atoms with Crippen molar-refractivity contribution in [1.82, 2.24) is 0 Å². The van der Waals surface area contributed by atoms with E-state index in [2.05, 4.69) is 0 Å². The summed E-state index contributed by atoms with van der Waals surface area (Å²) < 4.78 is 0. The summed E-state index contributed by atoms with van der Waals surface area (Å²) in [6.45, 7) is 0.0824. The van der Waals surface area contributed by atoms with Gasteiger partial charge in [0.2, 0.25) is 0 Å². The van der Waals surface area contributed by atoms with Crippen LogP contribution in [0.3, 0.4) is 0 Å². The van der Waals surface area contributed by atoms with Crippen molar-refractivity contribution in [1.29, 1.82) is 0 Å². The van der Waals surface area contributed by atoms with Gasteiger partial charge in [-0.15, -0.1) is 11.8 Å². The summed E-state index contributed by atoms with van der Waals surface area (Å²) in [6, 6.07) is 7.90. The lowest BCUT2D eigenvalue weighted by Crippen LogP contribution is -2.14.